The Balaban J connectivity index is 1.41. The third kappa shape index (κ3) is 8.22. The van der Waals surface area contributed by atoms with E-state index in [2.05, 4.69) is 74.2 Å². The number of hydrogen-bond donors (Lipinski definition) is 0. The molecule has 2 aromatic rings. The minimum Gasteiger partial charge on any atom is -0.0945 e. The van der Waals surface area contributed by atoms with Crippen molar-refractivity contribution in [1.29, 1.82) is 0 Å². The molecule has 0 spiro atoms. The highest BCUT2D eigenvalue weighted by Gasteiger charge is 2.19. The SMILES string of the molecule is CCCCCCCCC1CCC(C#Cc2ccc(-c3ccc(CCC)cc3)cc2)CC1. The fourth-order valence-corrected chi connectivity index (χ4v) is 4.89. The van der Waals surface area contributed by atoms with E-state index < -0.39 is 0 Å². The van der Waals surface area contributed by atoms with Gasteiger partial charge >= 0.3 is 0 Å². The zero-order valence-corrected chi connectivity index (χ0v) is 20.0. The molecule has 0 N–H and O–H groups in total. The Labute approximate surface area is 191 Å². The highest BCUT2D eigenvalue weighted by molar-refractivity contribution is 5.64. The zero-order valence-electron chi connectivity index (χ0n) is 20.0. The summed E-state index contributed by atoms with van der Waals surface area (Å²) in [6, 6.07) is 17.8. The second kappa shape index (κ2) is 13.4. The predicted molar refractivity (Wildman–Crippen MR) is 136 cm³/mol. The van der Waals surface area contributed by atoms with Gasteiger partial charge in [0.1, 0.15) is 0 Å². The van der Waals surface area contributed by atoms with E-state index in [1.807, 2.05) is 0 Å². The summed E-state index contributed by atoms with van der Waals surface area (Å²) >= 11 is 0. The molecule has 31 heavy (non-hydrogen) atoms. The summed E-state index contributed by atoms with van der Waals surface area (Å²) in [5.74, 6) is 8.60. The van der Waals surface area contributed by atoms with Crippen LogP contribution < -0.4 is 0 Å². The smallest absolute Gasteiger partial charge is 0.0245 e. The van der Waals surface area contributed by atoms with E-state index >= 15 is 0 Å². The molecule has 0 heteroatoms. The van der Waals surface area contributed by atoms with Crippen LogP contribution in [-0.2, 0) is 6.42 Å². The van der Waals surface area contributed by atoms with Crippen molar-refractivity contribution in [1.82, 2.24) is 0 Å². The van der Waals surface area contributed by atoms with E-state index in [9.17, 15) is 0 Å². The Kier molecular flexibility index (Phi) is 10.2. The average molecular weight is 415 g/mol. The molecular formula is C31H42. The Morgan fingerprint density at radius 2 is 1.29 bits per heavy atom. The lowest BCUT2D eigenvalue weighted by Gasteiger charge is -2.25. The second-order valence-corrected chi connectivity index (χ2v) is 9.57. The van der Waals surface area contributed by atoms with Gasteiger partial charge in [-0.15, -0.1) is 0 Å². The summed E-state index contributed by atoms with van der Waals surface area (Å²) in [7, 11) is 0. The molecule has 0 aromatic heterocycles. The molecule has 0 bridgehead atoms. The van der Waals surface area contributed by atoms with Crippen molar-refractivity contribution in [2.24, 2.45) is 11.8 Å². The lowest BCUT2D eigenvalue weighted by atomic mass is 9.80. The molecule has 0 saturated heterocycles. The van der Waals surface area contributed by atoms with Gasteiger partial charge in [-0.3, -0.25) is 0 Å². The van der Waals surface area contributed by atoms with Crippen molar-refractivity contribution in [3.05, 3.63) is 59.7 Å². The lowest BCUT2D eigenvalue weighted by molar-refractivity contribution is 0.293. The second-order valence-electron chi connectivity index (χ2n) is 9.57. The quantitative estimate of drug-likeness (QED) is 0.268. The largest absolute Gasteiger partial charge is 0.0945 e. The minimum absolute atomic E-state index is 0.603. The van der Waals surface area contributed by atoms with Gasteiger partial charge in [0.2, 0.25) is 0 Å². The summed E-state index contributed by atoms with van der Waals surface area (Å²) in [6.45, 7) is 4.53. The van der Waals surface area contributed by atoms with Crippen molar-refractivity contribution < 1.29 is 0 Å². The van der Waals surface area contributed by atoms with Gasteiger partial charge < -0.3 is 0 Å². The van der Waals surface area contributed by atoms with Crippen molar-refractivity contribution >= 4 is 0 Å². The normalized spacial score (nSPS) is 18.4. The molecule has 0 heterocycles. The molecule has 0 aliphatic heterocycles. The van der Waals surface area contributed by atoms with Crippen LogP contribution in [0.2, 0.25) is 0 Å². The third-order valence-electron chi connectivity index (χ3n) is 6.94. The Morgan fingerprint density at radius 3 is 1.94 bits per heavy atom. The van der Waals surface area contributed by atoms with Gasteiger partial charge in [0.05, 0.1) is 0 Å². The Morgan fingerprint density at radius 1 is 0.677 bits per heavy atom. The first kappa shape index (κ1) is 23.7. The van der Waals surface area contributed by atoms with Gasteiger partial charge in [0.25, 0.3) is 0 Å². The van der Waals surface area contributed by atoms with Crippen LogP contribution in [-0.4, -0.2) is 0 Å². The minimum atomic E-state index is 0.603. The highest BCUT2D eigenvalue weighted by Crippen LogP contribution is 2.32. The van der Waals surface area contributed by atoms with Gasteiger partial charge in [-0.2, -0.15) is 0 Å². The molecule has 0 unspecified atom stereocenters. The summed E-state index contributed by atoms with van der Waals surface area (Å²) in [6.07, 6.45) is 17.7. The first-order valence-corrected chi connectivity index (χ1v) is 13.0. The molecule has 0 atom stereocenters. The lowest BCUT2D eigenvalue weighted by Crippen LogP contribution is -2.13. The van der Waals surface area contributed by atoms with E-state index in [-0.39, 0.29) is 0 Å². The van der Waals surface area contributed by atoms with Crippen LogP contribution in [0.5, 0.6) is 0 Å². The fraction of sp³-hybridized carbons (Fsp3) is 0.548. The monoisotopic (exact) mass is 414 g/mol. The highest BCUT2D eigenvalue weighted by atomic mass is 14.2. The predicted octanol–water partition coefficient (Wildman–Crippen LogP) is 9.21. The van der Waals surface area contributed by atoms with Gasteiger partial charge in [-0.25, -0.2) is 0 Å². The summed E-state index contributed by atoms with van der Waals surface area (Å²) in [4.78, 5) is 0. The molecule has 0 amide bonds. The van der Waals surface area contributed by atoms with Crippen molar-refractivity contribution in [2.75, 3.05) is 0 Å². The van der Waals surface area contributed by atoms with Gasteiger partial charge in [-0.1, -0.05) is 113 Å². The van der Waals surface area contributed by atoms with E-state index in [4.69, 9.17) is 0 Å². The first-order valence-electron chi connectivity index (χ1n) is 13.0. The molecule has 1 aliphatic rings. The maximum Gasteiger partial charge on any atom is 0.0245 e. The van der Waals surface area contributed by atoms with E-state index in [1.165, 1.54) is 93.7 Å². The first-order chi connectivity index (χ1) is 15.3. The summed E-state index contributed by atoms with van der Waals surface area (Å²) < 4.78 is 0. The number of unbranched alkanes of at least 4 members (excludes halogenated alkanes) is 5. The van der Waals surface area contributed by atoms with Crippen molar-refractivity contribution in [3.8, 4) is 23.0 Å². The maximum absolute atomic E-state index is 3.58. The number of rotatable bonds is 10. The Bertz CT molecular complexity index is 792. The molecule has 166 valence electrons. The van der Waals surface area contributed by atoms with Crippen LogP contribution in [0.4, 0.5) is 0 Å². The van der Waals surface area contributed by atoms with E-state index in [1.54, 1.807) is 0 Å². The summed E-state index contributed by atoms with van der Waals surface area (Å²) in [5, 5.41) is 0. The van der Waals surface area contributed by atoms with Crippen LogP contribution >= 0.6 is 0 Å². The third-order valence-corrected chi connectivity index (χ3v) is 6.94. The average Bonchev–Trinajstić information content (AvgIpc) is 2.82. The molecule has 3 rings (SSSR count). The molecule has 2 aromatic carbocycles. The van der Waals surface area contributed by atoms with Crippen molar-refractivity contribution in [2.45, 2.75) is 97.3 Å². The molecule has 1 saturated carbocycles. The van der Waals surface area contributed by atoms with Crippen LogP contribution in [0.15, 0.2) is 48.5 Å². The van der Waals surface area contributed by atoms with Crippen LogP contribution in [0.3, 0.4) is 0 Å². The molecule has 0 nitrogen and oxygen atoms in total. The summed E-state index contributed by atoms with van der Waals surface area (Å²) in [5.41, 5.74) is 5.16. The van der Waals surface area contributed by atoms with E-state index in [0.717, 1.165) is 17.9 Å². The van der Waals surface area contributed by atoms with Crippen LogP contribution in [0, 0.1) is 23.7 Å². The van der Waals surface area contributed by atoms with Gasteiger partial charge in [0, 0.05) is 11.5 Å². The molecular weight excluding hydrogens is 372 g/mol. The fourth-order valence-electron chi connectivity index (χ4n) is 4.89. The number of hydrogen-bond acceptors (Lipinski definition) is 0. The van der Waals surface area contributed by atoms with Gasteiger partial charge in [0.15, 0.2) is 0 Å². The van der Waals surface area contributed by atoms with Crippen LogP contribution in [0.1, 0.15) is 102 Å². The van der Waals surface area contributed by atoms with Crippen molar-refractivity contribution in [3.63, 3.8) is 0 Å². The standard InChI is InChI=1S/C31H42/c1-3-5-6-7-8-9-11-27-12-14-28(15-13-27)16-17-29-20-24-31(25-21-29)30-22-18-26(10-4-2)19-23-30/h18-25,27-28H,3-15H2,1-2H3. The maximum atomic E-state index is 3.58. The molecule has 1 fully saturated rings. The van der Waals surface area contributed by atoms with Gasteiger partial charge in [-0.05, 0) is 66.8 Å². The topological polar surface area (TPSA) is 0 Å². The molecule has 0 radical (unpaired) electrons. The van der Waals surface area contributed by atoms with Crippen LogP contribution in [0.25, 0.3) is 11.1 Å². The number of aryl methyl sites for hydroxylation is 1. The molecule has 1 aliphatic carbocycles. The van der Waals surface area contributed by atoms with E-state index in [0.29, 0.717) is 5.92 Å². The Hall–Kier alpha value is -2.00. The zero-order chi connectivity index (χ0) is 21.7. The number of benzene rings is 2.